The molecule has 0 spiro atoms. The standard InChI is InChI=1S/C22H38O/c1-12-13(2)15-9-14(12)18-16-10-17(19(15)18)22(7,21(16,5)6)11-20(3,4)23-8/h12-19H,9-11H2,1-8H3. The summed E-state index contributed by atoms with van der Waals surface area (Å²) in [6.45, 7) is 17.5. The third kappa shape index (κ3) is 1.79. The highest BCUT2D eigenvalue weighted by Gasteiger charge is 2.74. The van der Waals surface area contributed by atoms with E-state index in [2.05, 4.69) is 48.5 Å². The van der Waals surface area contributed by atoms with Crippen molar-refractivity contribution in [3.05, 3.63) is 0 Å². The lowest BCUT2D eigenvalue weighted by molar-refractivity contribution is -0.122. The molecule has 9 unspecified atom stereocenters. The van der Waals surface area contributed by atoms with E-state index in [9.17, 15) is 0 Å². The van der Waals surface area contributed by atoms with Gasteiger partial charge in [-0.3, -0.25) is 0 Å². The zero-order valence-corrected chi connectivity index (χ0v) is 16.6. The second-order valence-corrected chi connectivity index (χ2v) is 11.2. The first-order chi connectivity index (χ1) is 10.5. The van der Waals surface area contributed by atoms with Crippen molar-refractivity contribution in [3.8, 4) is 0 Å². The zero-order valence-electron chi connectivity index (χ0n) is 16.6. The minimum Gasteiger partial charge on any atom is -0.379 e. The van der Waals surface area contributed by atoms with Gasteiger partial charge >= 0.3 is 0 Å². The normalized spacial score (nSPS) is 56.3. The van der Waals surface area contributed by atoms with Gasteiger partial charge in [0, 0.05) is 7.11 Å². The molecule has 4 fully saturated rings. The molecule has 0 amide bonds. The average molecular weight is 319 g/mol. The molecule has 0 aromatic heterocycles. The van der Waals surface area contributed by atoms with Crippen molar-refractivity contribution in [2.45, 2.75) is 73.3 Å². The Labute approximate surface area is 143 Å². The molecule has 0 aromatic carbocycles. The van der Waals surface area contributed by atoms with Gasteiger partial charge in [-0.25, -0.2) is 0 Å². The van der Waals surface area contributed by atoms with E-state index in [1.807, 2.05) is 7.11 Å². The largest absolute Gasteiger partial charge is 0.379 e. The van der Waals surface area contributed by atoms with Crippen molar-refractivity contribution in [3.63, 3.8) is 0 Å². The van der Waals surface area contributed by atoms with Crippen LogP contribution in [0.2, 0.25) is 0 Å². The molecule has 132 valence electrons. The highest BCUT2D eigenvalue weighted by molar-refractivity contribution is 5.22. The minimum atomic E-state index is 0.00250. The molecule has 4 rings (SSSR count). The molecule has 0 saturated heterocycles. The van der Waals surface area contributed by atoms with Gasteiger partial charge in [-0.05, 0) is 91.3 Å². The molecule has 0 aliphatic heterocycles. The summed E-state index contributed by atoms with van der Waals surface area (Å²) < 4.78 is 5.88. The summed E-state index contributed by atoms with van der Waals surface area (Å²) in [6.07, 6.45) is 4.27. The highest BCUT2D eigenvalue weighted by atomic mass is 16.5. The van der Waals surface area contributed by atoms with E-state index >= 15 is 0 Å². The second-order valence-electron chi connectivity index (χ2n) is 11.2. The van der Waals surface area contributed by atoms with E-state index in [0.29, 0.717) is 10.8 Å². The number of ether oxygens (including phenoxy) is 1. The average Bonchev–Trinajstić information content (AvgIpc) is 3.12. The molecule has 0 N–H and O–H groups in total. The number of fused-ring (bicyclic) bond motifs is 9. The third-order valence-corrected chi connectivity index (χ3v) is 10.2. The zero-order chi connectivity index (χ0) is 16.9. The van der Waals surface area contributed by atoms with Gasteiger partial charge in [0.1, 0.15) is 0 Å². The molecule has 4 saturated carbocycles. The molecule has 23 heavy (non-hydrogen) atoms. The van der Waals surface area contributed by atoms with Crippen molar-refractivity contribution < 1.29 is 4.74 Å². The van der Waals surface area contributed by atoms with Gasteiger partial charge in [0.15, 0.2) is 0 Å². The topological polar surface area (TPSA) is 9.23 Å². The Bertz CT molecular complexity index is 506. The SMILES string of the molecule is COC(C)(C)CC1(C)C2CC(C3C4CC(C(C)C4C)C32)C1(C)C. The van der Waals surface area contributed by atoms with Crippen molar-refractivity contribution in [1.29, 1.82) is 0 Å². The lowest BCUT2D eigenvalue weighted by Crippen LogP contribution is -2.53. The molecule has 0 heterocycles. The Kier molecular flexibility index (Phi) is 3.26. The quantitative estimate of drug-likeness (QED) is 0.612. The van der Waals surface area contributed by atoms with Crippen LogP contribution in [0.4, 0.5) is 0 Å². The molecule has 4 bridgehead atoms. The lowest BCUT2D eigenvalue weighted by atomic mass is 9.48. The summed E-state index contributed by atoms with van der Waals surface area (Å²) in [5, 5.41) is 0. The maximum absolute atomic E-state index is 5.88. The lowest BCUT2D eigenvalue weighted by Gasteiger charge is -2.57. The summed E-state index contributed by atoms with van der Waals surface area (Å²) in [7, 11) is 1.90. The van der Waals surface area contributed by atoms with Gasteiger partial charge < -0.3 is 4.74 Å². The van der Waals surface area contributed by atoms with Crippen molar-refractivity contribution in [2.24, 2.45) is 58.2 Å². The van der Waals surface area contributed by atoms with E-state index < -0.39 is 0 Å². The second kappa shape index (κ2) is 4.57. The summed E-state index contributed by atoms with van der Waals surface area (Å²) in [5.74, 6) is 7.96. The summed E-state index contributed by atoms with van der Waals surface area (Å²) in [4.78, 5) is 0. The maximum atomic E-state index is 5.88. The van der Waals surface area contributed by atoms with Crippen LogP contribution in [0.25, 0.3) is 0 Å². The number of methoxy groups -OCH3 is 1. The first-order valence-electron chi connectivity index (χ1n) is 10.1. The Balaban J connectivity index is 1.71. The van der Waals surface area contributed by atoms with Crippen molar-refractivity contribution in [2.75, 3.05) is 7.11 Å². The van der Waals surface area contributed by atoms with E-state index in [0.717, 1.165) is 47.3 Å². The van der Waals surface area contributed by atoms with Gasteiger partial charge in [0.2, 0.25) is 0 Å². The van der Waals surface area contributed by atoms with Crippen LogP contribution in [0.15, 0.2) is 0 Å². The van der Waals surface area contributed by atoms with Crippen LogP contribution in [0.5, 0.6) is 0 Å². The van der Waals surface area contributed by atoms with Gasteiger partial charge in [0.05, 0.1) is 5.60 Å². The molecular formula is C22H38O. The number of hydrogen-bond donors (Lipinski definition) is 0. The minimum absolute atomic E-state index is 0.00250. The Morgan fingerprint density at radius 3 is 1.96 bits per heavy atom. The summed E-state index contributed by atoms with van der Waals surface area (Å²) >= 11 is 0. The highest BCUT2D eigenvalue weighted by Crippen LogP contribution is 2.79. The molecular weight excluding hydrogens is 280 g/mol. The number of hydrogen-bond acceptors (Lipinski definition) is 1. The van der Waals surface area contributed by atoms with Gasteiger partial charge in [0.25, 0.3) is 0 Å². The van der Waals surface area contributed by atoms with Crippen LogP contribution in [0.3, 0.4) is 0 Å². The van der Waals surface area contributed by atoms with Crippen LogP contribution in [-0.2, 0) is 4.74 Å². The number of rotatable bonds is 3. The Morgan fingerprint density at radius 2 is 1.43 bits per heavy atom. The third-order valence-electron chi connectivity index (χ3n) is 10.2. The summed E-state index contributed by atoms with van der Waals surface area (Å²) in [6, 6.07) is 0. The first kappa shape index (κ1) is 16.4. The van der Waals surface area contributed by atoms with Crippen LogP contribution in [-0.4, -0.2) is 12.7 Å². The fraction of sp³-hybridized carbons (Fsp3) is 1.00. The van der Waals surface area contributed by atoms with E-state index in [1.54, 1.807) is 6.42 Å². The fourth-order valence-electron chi connectivity index (χ4n) is 8.51. The molecule has 9 atom stereocenters. The first-order valence-corrected chi connectivity index (χ1v) is 10.1. The van der Waals surface area contributed by atoms with Crippen LogP contribution in [0, 0.1) is 58.2 Å². The summed E-state index contributed by atoms with van der Waals surface area (Å²) in [5.41, 5.74) is 0.899. The van der Waals surface area contributed by atoms with Crippen molar-refractivity contribution in [1.82, 2.24) is 0 Å². The predicted molar refractivity (Wildman–Crippen MR) is 96.1 cm³/mol. The Morgan fingerprint density at radius 1 is 0.913 bits per heavy atom. The maximum Gasteiger partial charge on any atom is 0.0628 e. The smallest absolute Gasteiger partial charge is 0.0628 e. The fourth-order valence-corrected chi connectivity index (χ4v) is 8.51. The molecule has 1 heteroatoms. The van der Waals surface area contributed by atoms with E-state index in [-0.39, 0.29) is 5.60 Å². The van der Waals surface area contributed by atoms with Crippen LogP contribution >= 0.6 is 0 Å². The van der Waals surface area contributed by atoms with Crippen LogP contribution < -0.4 is 0 Å². The van der Waals surface area contributed by atoms with Crippen molar-refractivity contribution >= 4 is 0 Å². The molecule has 1 nitrogen and oxygen atoms in total. The van der Waals surface area contributed by atoms with Gasteiger partial charge in [-0.2, -0.15) is 0 Å². The predicted octanol–water partition coefficient (Wildman–Crippen LogP) is 5.64. The molecule has 4 aliphatic rings. The monoisotopic (exact) mass is 318 g/mol. The molecule has 4 aliphatic carbocycles. The van der Waals surface area contributed by atoms with Crippen LogP contribution in [0.1, 0.15) is 67.7 Å². The molecule has 0 aromatic rings. The van der Waals surface area contributed by atoms with E-state index in [1.165, 1.54) is 12.8 Å². The van der Waals surface area contributed by atoms with E-state index in [4.69, 9.17) is 4.74 Å². The molecule has 0 radical (unpaired) electrons. The van der Waals surface area contributed by atoms with Gasteiger partial charge in [-0.15, -0.1) is 0 Å². The Hall–Kier alpha value is -0.0400. The van der Waals surface area contributed by atoms with Gasteiger partial charge in [-0.1, -0.05) is 34.6 Å².